The molecule has 0 fully saturated rings. The summed E-state index contributed by atoms with van der Waals surface area (Å²) in [7, 11) is 1.90. The predicted octanol–water partition coefficient (Wildman–Crippen LogP) is 3.74. The summed E-state index contributed by atoms with van der Waals surface area (Å²) in [6, 6.07) is 2.17. The lowest BCUT2D eigenvalue weighted by Gasteiger charge is -2.09. The van der Waals surface area contributed by atoms with Crippen molar-refractivity contribution in [2.45, 2.75) is 27.2 Å². The van der Waals surface area contributed by atoms with Crippen LogP contribution in [-0.4, -0.2) is 18.6 Å². The zero-order chi connectivity index (χ0) is 12.4. The maximum atomic E-state index is 5.83. The molecule has 0 aliphatic carbocycles. The maximum absolute atomic E-state index is 5.83. The van der Waals surface area contributed by atoms with Crippen LogP contribution < -0.4 is 10.1 Å². The smallest absolute Gasteiger partial charge is 0.183 e. The van der Waals surface area contributed by atoms with E-state index in [1.807, 2.05) is 7.05 Å². The van der Waals surface area contributed by atoms with Crippen LogP contribution in [0.2, 0.25) is 0 Å². The third-order valence-electron chi connectivity index (χ3n) is 2.66. The number of hydrogen-bond acceptors (Lipinski definition) is 4. The molecule has 0 bridgehead atoms. The van der Waals surface area contributed by atoms with E-state index in [9.17, 15) is 0 Å². The number of rotatable bonds is 4. The number of aromatic nitrogens is 1. The minimum absolute atomic E-state index is 0.741. The monoisotopic (exact) mass is 250 g/mol. The number of aryl methyl sites for hydroxylation is 2. The van der Waals surface area contributed by atoms with Gasteiger partial charge in [0.25, 0.3) is 0 Å². The van der Waals surface area contributed by atoms with Crippen molar-refractivity contribution in [2.75, 3.05) is 19.0 Å². The van der Waals surface area contributed by atoms with E-state index in [-0.39, 0.29) is 0 Å². The Labute approximate surface area is 106 Å². The first kappa shape index (κ1) is 12.2. The summed E-state index contributed by atoms with van der Waals surface area (Å²) in [5.41, 5.74) is 3.42. The van der Waals surface area contributed by atoms with Crippen LogP contribution in [0, 0.1) is 13.8 Å². The summed E-state index contributed by atoms with van der Waals surface area (Å²) >= 11 is 1.68. The Hall–Kier alpha value is -1.29. The van der Waals surface area contributed by atoms with Gasteiger partial charge in [-0.3, -0.25) is 0 Å². The molecule has 2 aromatic rings. The summed E-state index contributed by atoms with van der Waals surface area (Å²) in [5, 5.41) is 4.04. The average molecular weight is 250 g/mol. The van der Waals surface area contributed by atoms with Gasteiger partial charge < -0.3 is 10.1 Å². The summed E-state index contributed by atoms with van der Waals surface area (Å²) < 4.78 is 7.04. The van der Waals surface area contributed by atoms with E-state index >= 15 is 0 Å². The molecule has 3 nitrogen and oxygen atoms in total. The normalized spacial score (nSPS) is 10.8. The van der Waals surface area contributed by atoms with Gasteiger partial charge in [0.2, 0.25) is 0 Å². The Morgan fingerprint density at radius 3 is 2.76 bits per heavy atom. The number of ether oxygens (including phenoxy) is 1. The highest BCUT2D eigenvalue weighted by Gasteiger charge is 2.13. The zero-order valence-corrected chi connectivity index (χ0v) is 11.6. The minimum Gasteiger partial charge on any atom is -0.491 e. The summed E-state index contributed by atoms with van der Waals surface area (Å²) in [4.78, 5) is 4.59. The third kappa shape index (κ3) is 2.22. The summed E-state index contributed by atoms with van der Waals surface area (Å²) in [5.74, 6) is 0.935. The molecule has 1 aromatic carbocycles. The fraction of sp³-hybridized carbons (Fsp3) is 0.462. The molecule has 17 heavy (non-hydrogen) atoms. The van der Waals surface area contributed by atoms with E-state index in [1.54, 1.807) is 11.3 Å². The van der Waals surface area contributed by atoms with Crippen LogP contribution in [0.5, 0.6) is 5.75 Å². The van der Waals surface area contributed by atoms with Crippen molar-refractivity contribution in [2.24, 2.45) is 0 Å². The standard InChI is InChI=1S/C13H18N2OS/c1-5-6-16-11-8(2)7-9(3)12-10(11)15-13(14-4)17-12/h7H,5-6H2,1-4H3,(H,14,15). The van der Waals surface area contributed by atoms with Gasteiger partial charge in [-0.2, -0.15) is 0 Å². The molecule has 0 saturated carbocycles. The quantitative estimate of drug-likeness (QED) is 0.897. The maximum Gasteiger partial charge on any atom is 0.183 e. The first-order valence-electron chi connectivity index (χ1n) is 5.88. The van der Waals surface area contributed by atoms with Gasteiger partial charge in [0.05, 0.1) is 11.3 Å². The van der Waals surface area contributed by atoms with Gasteiger partial charge >= 0.3 is 0 Å². The number of hydrogen-bond donors (Lipinski definition) is 1. The van der Waals surface area contributed by atoms with Gasteiger partial charge in [-0.15, -0.1) is 0 Å². The first-order valence-corrected chi connectivity index (χ1v) is 6.70. The lowest BCUT2D eigenvalue weighted by atomic mass is 10.1. The number of benzene rings is 1. The van der Waals surface area contributed by atoms with E-state index in [2.05, 4.69) is 37.1 Å². The molecule has 0 amide bonds. The van der Waals surface area contributed by atoms with Crippen molar-refractivity contribution in [3.63, 3.8) is 0 Å². The fourth-order valence-corrected chi connectivity index (χ4v) is 2.76. The van der Waals surface area contributed by atoms with E-state index in [1.165, 1.54) is 10.3 Å². The summed E-state index contributed by atoms with van der Waals surface area (Å²) in [6.45, 7) is 7.05. The van der Waals surface area contributed by atoms with E-state index in [0.29, 0.717) is 0 Å². The molecule has 4 heteroatoms. The number of nitrogens with zero attached hydrogens (tertiary/aromatic N) is 1. The second-order valence-electron chi connectivity index (χ2n) is 4.13. The van der Waals surface area contributed by atoms with Gasteiger partial charge in [0.1, 0.15) is 11.3 Å². The average Bonchev–Trinajstić information content (AvgIpc) is 2.73. The van der Waals surface area contributed by atoms with Crippen molar-refractivity contribution in [1.82, 2.24) is 4.98 Å². The van der Waals surface area contributed by atoms with Gasteiger partial charge in [0.15, 0.2) is 5.13 Å². The SMILES string of the molecule is CCCOc1c(C)cc(C)c2sc(NC)nc12. The summed E-state index contributed by atoms with van der Waals surface area (Å²) in [6.07, 6.45) is 1.01. The highest BCUT2D eigenvalue weighted by atomic mass is 32.1. The van der Waals surface area contributed by atoms with Crippen LogP contribution in [0.1, 0.15) is 24.5 Å². The Bertz CT molecular complexity index is 534. The van der Waals surface area contributed by atoms with Crippen LogP contribution >= 0.6 is 11.3 Å². The van der Waals surface area contributed by atoms with Crippen molar-refractivity contribution >= 4 is 26.7 Å². The van der Waals surface area contributed by atoms with Gasteiger partial charge in [0, 0.05) is 7.05 Å². The van der Waals surface area contributed by atoms with Crippen molar-refractivity contribution in [3.8, 4) is 5.75 Å². The number of thiazole rings is 1. The van der Waals surface area contributed by atoms with Crippen LogP contribution in [0.3, 0.4) is 0 Å². The molecule has 0 spiro atoms. The second kappa shape index (κ2) is 4.92. The molecular formula is C13H18N2OS. The number of fused-ring (bicyclic) bond motifs is 1. The molecule has 0 atom stereocenters. The molecule has 92 valence electrons. The van der Waals surface area contributed by atoms with E-state index in [4.69, 9.17) is 4.74 Å². The third-order valence-corrected chi connectivity index (χ3v) is 3.86. The van der Waals surface area contributed by atoms with Crippen molar-refractivity contribution < 1.29 is 4.74 Å². The van der Waals surface area contributed by atoms with Gasteiger partial charge in [-0.25, -0.2) is 4.98 Å². The predicted molar refractivity (Wildman–Crippen MR) is 74.4 cm³/mol. The molecule has 0 aliphatic rings. The highest BCUT2D eigenvalue weighted by molar-refractivity contribution is 7.22. The van der Waals surface area contributed by atoms with Crippen LogP contribution in [0.25, 0.3) is 10.2 Å². The number of nitrogens with one attached hydrogen (secondary N) is 1. The lowest BCUT2D eigenvalue weighted by molar-refractivity contribution is 0.318. The van der Waals surface area contributed by atoms with Crippen LogP contribution in [-0.2, 0) is 0 Å². The van der Waals surface area contributed by atoms with E-state index in [0.717, 1.165) is 35.0 Å². The minimum atomic E-state index is 0.741. The molecule has 0 unspecified atom stereocenters. The van der Waals surface area contributed by atoms with Gasteiger partial charge in [-0.1, -0.05) is 24.3 Å². The topological polar surface area (TPSA) is 34.1 Å². The Kier molecular flexibility index (Phi) is 3.52. The molecular weight excluding hydrogens is 232 g/mol. The molecule has 1 N–H and O–H groups in total. The largest absolute Gasteiger partial charge is 0.491 e. The Morgan fingerprint density at radius 2 is 2.12 bits per heavy atom. The molecule has 2 rings (SSSR count). The molecule has 0 saturated heterocycles. The van der Waals surface area contributed by atoms with Crippen molar-refractivity contribution in [1.29, 1.82) is 0 Å². The second-order valence-corrected chi connectivity index (χ2v) is 5.13. The lowest BCUT2D eigenvalue weighted by Crippen LogP contribution is -1.98. The Morgan fingerprint density at radius 1 is 1.35 bits per heavy atom. The molecule has 1 heterocycles. The van der Waals surface area contributed by atoms with Crippen molar-refractivity contribution in [3.05, 3.63) is 17.2 Å². The Balaban J connectivity index is 2.59. The zero-order valence-electron chi connectivity index (χ0n) is 10.8. The fourth-order valence-electron chi connectivity index (χ4n) is 1.88. The highest BCUT2D eigenvalue weighted by Crippen LogP contribution is 2.37. The molecule has 0 aliphatic heterocycles. The van der Waals surface area contributed by atoms with Crippen LogP contribution in [0.4, 0.5) is 5.13 Å². The van der Waals surface area contributed by atoms with Gasteiger partial charge in [-0.05, 0) is 31.4 Å². The first-order chi connectivity index (χ1) is 8.17. The van der Waals surface area contributed by atoms with Crippen LogP contribution in [0.15, 0.2) is 6.07 Å². The van der Waals surface area contributed by atoms with E-state index < -0.39 is 0 Å². The molecule has 0 radical (unpaired) electrons. The molecule has 1 aromatic heterocycles. The number of anilines is 1.